The molecule has 0 aliphatic carbocycles. The first kappa shape index (κ1) is 11.0. The van der Waals surface area contributed by atoms with Crippen LogP contribution in [0.4, 0.5) is 0 Å². The van der Waals surface area contributed by atoms with Crippen molar-refractivity contribution >= 4 is 36.7 Å². The average Bonchev–Trinajstić information content (AvgIpc) is 2.58. The zero-order valence-corrected chi connectivity index (χ0v) is 9.47. The van der Waals surface area contributed by atoms with Gasteiger partial charge in [-0.1, -0.05) is 18.2 Å². The van der Waals surface area contributed by atoms with E-state index >= 15 is 0 Å². The van der Waals surface area contributed by atoms with Crippen LogP contribution in [0.25, 0.3) is 10.9 Å². The molecule has 2 aromatic rings. The number of nitrogens with one attached hydrogen (secondary N) is 2. The lowest BCUT2D eigenvalue weighted by atomic mass is 10.2. The molecule has 5 nitrogen and oxygen atoms in total. The summed E-state index contributed by atoms with van der Waals surface area (Å²) in [6.07, 6.45) is 0. The summed E-state index contributed by atoms with van der Waals surface area (Å²) in [6, 6.07) is 8.75. The highest BCUT2D eigenvalue weighted by Crippen LogP contribution is 2.14. The normalized spacial score (nSPS) is 11.6. The molecule has 0 unspecified atom stereocenters. The number of carbonyl (C=O) groups is 1. The van der Waals surface area contributed by atoms with Crippen LogP contribution >= 0.6 is 10.7 Å². The third-order valence-electron chi connectivity index (χ3n) is 1.99. The lowest BCUT2D eigenvalue weighted by molar-refractivity contribution is 0.0978. The fourth-order valence-electron chi connectivity index (χ4n) is 1.36. The van der Waals surface area contributed by atoms with Crippen LogP contribution in [0.1, 0.15) is 10.5 Å². The molecule has 0 saturated heterocycles. The Morgan fingerprint density at radius 3 is 2.62 bits per heavy atom. The zero-order chi connectivity index (χ0) is 11.8. The highest BCUT2D eigenvalue weighted by molar-refractivity contribution is 8.12. The van der Waals surface area contributed by atoms with Gasteiger partial charge in [0.25, 0.3) is 5.91 Å². The Labute approximate surface area is 96.0 Å². The lowest BCUT2D eigenvalue weighted by Crippen LogP contribution is -2.26. The number of rotatable bonds is 2. The van der Waals surface area contributed by atoms with Crippen LogP contribution in [-0.2, 0) is 9.24 Å². The van der Waals surface area contributed by atoms with Gasteiger partial charge < -0.3 is 4.98 Å². The summed E-state index contributed by atoms with van der Waals surface area (Å²) in [7, 11) is 0.847. The number of aromatic amines is 1. The fourth-order valence-corrected chi connectivity index (χ4v) is 1.90. The first-order chi connectivity index (χ1) is 7.46. The molecule has 1 amide bonds. The molecule has 0 atom stereocenters. The lowest BCUT2D eigenvalue weighted by Gasteiger charge is -1.96. The molecule has 0 saturated carbocycles. The monoisotopic (exact) mass is 258 g/mol. The Morgan fingerprint density at radius 1 is 1.31 bits per heavy atom. The number of aromatic nitrogens is 1. The largest absolute Gasteiger partial charge is 0.351 e. The molecule has 0 spiro atoms. The summed E-state index contributed by atoms with van der Waals surface area (Å²) in [5.41, 5.74) is 0.894. The first-order valence-corrected chi connectivity index (χ1v) is 6.61. The van der Waals surface area contributed by atoms with Crippen LogP contribution in [0.3, 0.4) is 0 Å². The Hall–Kier alpha value is -1.53. The summed E-state index contributed by atoms with van der Waals surface area (Å²) in [5.74, 6) is -0.786. The molecule has 0 bridgehead atoms. The average molecular weight is 259 g/mol. The van der Waals surface area contributed by atoms with Gasteiger partial charge in [-0.2, -0.15) is 8.42 Å². The fraction of sp³-hybridized carbons (Fsp3) is 0. The third-order valence-corrected chi connectivity index (χ3v) is 2.65. The van der Waals surface area contributed by atoms with E-state index in [0.29, 0.717) is 0 Å². The molecule has 84 valence electrons. The molecule has 1 aromatic heterocycles. The molecule has 1 heterocycles. The van der Waals surface area contributed by atoms with Crippen LogP contribution < -0.4 is 4.72 Å². The van der Waals surface area contributed by atoms with Crippen molar-refractivity contribution in [1.29, 1.82) is 0 Å². The van der Waals surface area contributed by atoms with E-state index < -0.39 is 15.1 Å². The first-order valence-electron chi connectivity index (χ1n) is 4.30. The molecule has 0 fully saturated rings. The highest BCUT2D eigenvalue weighted by Gasteiger charge is 2.14. The van der Waals surface area contributed by atoms with Crippen molar-refractivity contribution in [2.75, 3.05) is 0 Å². The molecule has 2 rings (SSSR count). The maximum atomic E-state index is 11.4. The Kier molecular flexibility index (Phi) is 2.61. The second-order valence-electron chi connectivity index (χ2n) is 3.14. The number of amides is 1. The smallest absolute Gasteiger partial charge is 0.321 e. The quantitative estimate of drug-likeness (QED) is 0.799. The van der Waals surface area contributed by atoms with Crippen LogP contribution in [0.5, 0.6) is 0 Å². The van der Waals surface area contributed by atoms with Crippen molar-refractivity contribution in [2.45, 2.75) is 0 Å². The van der Waals surface area contributed by atoms with Gasteiger partial charge in [0, 0.05) is 21.6 Å². The van der Waals surface area contributed by atoms with E-state index in [0.717, 1.165) is 10.9 Å². The number of carbonyl (C=O) groups excluding carboxylic acids is 1. The summed E-state index contributed by atoms with van der Waals surface area (Å²) in [6.45, 7) is 0. The standard InChI is InChI=1S/C9H7ClN2O3S/c10-16(14,15)12-9(13)8-5-6-3-1-2-4-7(6)11-8/h1-5,11H,(H,12,13). The molecular formula is C9H7ClN2O3S. The second kappa shape index (κ2) is 3.80. The van der Waals surface area contributed by atoms with Crippen LogP contribution in [-0.4, -0.2) is 19.3 Å². The van der Waals surface area contributed by atoms with Gasteiger partial charge in [-0.25, -0.2) is 4.72 Å². The summed E-state index contributed by atoms with van der Waals surface area (Å²) < 4.78 is 23.0. The van der Waals surface area contributed by atoms with Crippen molar-refractivity contribution < 1.29 is 13.2 Å². The third kappa shape index (κ3) is 2.34. The van der Waals surface area contributed by atoms with E-state index in [2.05, 4.69) is 4.98 Å². The number of benzene rings is 1. The minimum Gasteiger partial charge on any atom is -0.351 e. The molecule has 0 aliphatic rings. The summed E-state index contributed by atoms with van der Waals surface area (Å²) >= 11 is 0. The second-order valence-corrected chi connectivity index (χ2v) is 5.44. The molecule has 1 aromatic carbocycles. The van der Waals surface area contributed by atoms with E-state index in [1.165, 1.54) is 0 Å². The molecule has 16 heavy (non-hydrogen) atoms. The van der Waals surface area contributed by atoms with Crippen molar-refractivity contribution in [3.05, 3.63) is 36.0 Å². The number of H-pyrrole nitrogens is 1. The molecule has 2 N–H and O–H groups in total. The maximum Gasteiger partial charge on any atom is 0.321 e. The predicted molar refractivity (Wildman–Crippen MR) is 60.5 cm³/mol. The van der Waals surface area contributed by atoms with Crippen LogP contribution in [0, 0.1) is 0 Å². The number of para-hydroxylation sites is 1. The molecular weight excluding hydrogens is 252 g/mol. The van der Waals surface area contributed by atoms with Gasteiger partial charge >= 0.3 is 9.24 Å². The van der Waals surface area contributed by atoms with Gasteiger partial charge in [0.15, 0.2) is 0 Å². The van der Waals surface area contributed by atoms with Crippen LogP contribution in [0.15, 0.2) is 30.3 Å². The summed E-state index contributed by atoms with van der Waals surface area (Å²) in [4.78, 5) is 14.2. The highest BCUT2D eigenvalue weighted by atomic mass is 35.7. The van der Waals surface area contributed by atoms with E-state index in [1.807, 2.05) is 6.07 Å². The predicted octanol–water partition coefficient (Wildman–Crippen LogP) is 1.38. The van der Waals surface area contributed by atoms with E-state index in [-0.39, 0.29) is 5.69 Å². The van der Waals surface area contributed by atoms with Crippen molar-refractivity contribution in [1.82, 2.24) is 9.71 Å². The Bertz CT molecular complexity index is 615. The Morgan fingerprint density at radius 2 is 2.00 bits per heavy atom. The number of hydrogen-bond acceptors (Lipinski definition) is 3. The SMILES string of the molecule is O=C(NS(=O)(=O)Cl)c1cc2ccccc2[nH]1. The topological polar surface area (TPSA) is 79.0 Å². The number of hydrogen-bond donors (Lipinski definition) is 2. The van der Waals surface area contributed by atoms with E-state index in [9.17, 15) is 13.2 Å². The minimum atomic E-state index is -4.06. The van der Waals surface area contributed by atoms with Gasteiger partial charge in [0.2, 0.25) is 0 Å². The van der Waals surface area contributed by atoms with E-state index in [4.69, 9.17) is 10.7 Å². The minimum absolute atomic E-state index is 0.144. The number of halogens is 1. The van der Waals surface area contributed by atoms with Crippen LogP contribution in [0.2, 0.25) is 0 Å². The van der Waals surface area contributed by atoms with E-state index in [1.54, 1.807) is 29.0 Å². The van der Waals surface area contributed by atoms with Gasteiger partial charge in [0.05, 0.1) is 0 Å². The zero-order valence-electron chi connectivity index (χ0n) is 7.90. The Balaban J connectivity index is 2.37. The number of fused-ring (bicyclic) bond motifs is 1. The van der Waals surface area contributed by atoms with Crippen molar-refractivity contribution in [3.63, 3.8) is 0 Å². The summed E-state index contributed by atoms with van der Waals surface area (Å²) in [5, 5.41) is 0.819. The molecule has 7 heteroatoms. The van der Waals surface area contributed by atoms with Gasteiger partial charge in [0.1, 0.15) is 5.69 Å². The van der Waals surface area contributed by atoms with Gasteiger partial charge in [-0.3, -0.25) is 4.79 Å². The maximum absolute atomic E-state index is 11.4. The van der Waals surface area contributed by atoms with Gasteiger partial charge in [-0.15, -0.1) is 0 Å². The van der Waals surface area contributed by atoms with Crippen molar-refractivity contribution in [3.8, 4) is 0 Å². The van der Waals surface area contributed by atoms with Crippen molar-refractivity contribution in [2.24, 2.45) is 0 Å². The molecule has 0 aliphatic heterocycles. The molecule has 0 radical (unpaired) electrons. The van der Waals surface area contributed by atoms with Gasteiger partial charge in [-0.05, 0) is 12.1 Å².